The molecule has 1 heterocycles. The molecule has 170 valence electrons. The van der Waals surface area contributed by atoms with Crippen molar-refractivity contribution >= 4 is 17.5 Å². The standard InChI is InChI=1S/C27H19FO6/c1-32-22-12-15(10-11-21(22)33-14-16-6-2-5-9-20(16)28)19-13-23(29)34-27-24(19)25(30)17-7-3-4-8-18(17)26(27)31/h2-12,19H,13-14H2,1H3/t19-/m1/s1. The number of ketones is 2. The van der Waals surface area contributed by atoms with Crippen molar-refractivity contribution in [2.45, 2.75) is 18.9 Å². The molecule has 1 aliphatic heterocycles. The third-order valence-corrected chi connectivity index (χ3v) is 5.98. The zero-order chi connectivity index (χ0) is 23.8. The average molecular weight is 458 g/mol. The SMILES string of the molecule is COc1cc([C@H]2CC(=O)OC3=C2C(=O)c2ccccc2C3=O)ccc1OCc1ccccc1F. The largest absolute Gasteiger partial charge is 0.493 e. The Kier molecular flexibility index (Phi) is 5.45. The first kappa shape index (κ1) is 21.6. The van der Waals surface area contributed by atoms with E-state index >= 15 is 0 Å². The molecule has 6 nitrogen and oxygen atoms in total. The van der Waals surface area contributed by atoms with Crippen molar-refractivity contribution in [3.8, 4) is 11.5 Å². The van der Waals surface area contributed by atoms with Crippen molar-refractivity contribution in [2.75, 3.05) is 7.11 Å². The highest BCUT2D eigenvalue weighted by atomic mass is 19.1. The Morgan fingerprint density at radius 3 is 2.35 bits per heavy atom. The van der Waals surface area contributed by atoms with Gasteiger partial charge in [0.1, 0.15) is 12.4 Å². The number of rotatable bonds is 5. The van der Waals surface area contributed by atoms with E-state index in [0.717, 1.165) is 0 Å². The van der Waals surface area contributed by atoms with Gasteiger partial charge in [-0.3, -0.25) is 14.4 Å². The number of esters is 1. The Balaban J connectivity index is 1.50. The van der Waals surface area contributed by atoms with Crippen LogP contribution in [0.2, 0.25) is 0 Å². The zero-order valence-corrected chi connectivity index (χ0v) is 18.2. The predicted octanol–water partition coefficient (Wildman–Crippen LogP) is 4.78. The van der Waals surface area contributed by atoms with E-state index in [1.807, 2.05) is 0 Å². The number of methoxy groups -OCH3 is 1. The second-order valence-corrected chi connectivity index (χ2v) is 7.97. The fourth-order valence-electron chi connectivity index (χ4n) is 4.29. The van der Waals surface area contributed by atoms with Gasteiger partial charge < -0.3 is 14.2 Å². The lowest BCUT2D eigenvalue weighted by Gasteiger charge is -2.30. The normalized spacial score (nSPS) is 17.1. The van der Waals surface area contributed by atoms with Crippen LogP contribution in [0, 0.1) is 5.82 Å². The molecule has 3 aromatic rings. The molecule has 0 bridgehead atoms. The van der Waals surface area contributed by atoms with Gasteiger partial charge in [-0.2, -0.15) is 0 Å². The highest BCUT2D eigenvalue weighted by Crippen LogP contribution is 2.43. The molecule has 0 spiro atoms. The van der Waals surface area contributed by atoms with E-state index in [0.29, 0.717) is 22.6 Å². The Labute approximate surface area is 194 Å². The maximum absolute atomic E-state index is 13.9. The molecule has 1 aliphatic carbocycles. The lowest BCUT2D eigenvalue weighted by atomic mass is 9.77. The summed E-state index contributed by atoms with van der Waals surface area (Å²) in [5.41, 5.74) is 1.65. The van der Waals surface area contributed by atoms with E-state index < -0.39 is 17.7 Å². The first-order valence-corrected chi connectivity index (χ1v) is 10.7. The van der Waals surface area contributed by atoms with Crippen LogP contribution in [-0.2, 0) is 16.1 Å². The minimum absolute atomic E-state index is 0.00277. The molecule has 0 saturated heterocycles. The minimum Gasteiger partial charge on any atom is -0.493 e. The molecule has 7 heteroatoms. The highest BCUT2D eigenvalue weighted by Gasteiger charge is 2.43. The van der Waals surface area contributed by atoms with Crippen molar-refractivity contribution in [3.63, 3.8) is 0 Å². The maximum Gasteiger partial charge on any atom is 0.312 e. The number of carbonyl (C=O) groups is 3. The Bertz CT molecular complexity index is 1370. The first-order valence-electron chi connectivity index (χ1n) is 10.7. The van der Waals surface area contributed by atoms with Crippen LogP contribution in [0.25, 0.3) is 0 Å². The molecule has 0 fully saturated rings. The van der Waals surface area contributed by atoms with Crippen LogP contribution in [0.15, 0.2) is 78.1 Å². The summed E-state index contributed by atoms with van der Waals surface area (Å²) in [5.74, 6) is -1.98. The van der Waals surface area contributed by atoms with Gasteiger partial charge in [0.25, 0.3) is 0 Å². The number of allylic oxidation sites excluding steroid dienone is 2. The molecule has 0 radical (unpaired) electrons. The highest BCUT2D eigenvalue weighted by molar-refractivity contribution is 6.27. The van der Waals surface area contributed by atoms with Crippen molar-refractivity contribution in [2.24, 2.45) is 0 Å². The third kappa shape index (κ3) is 3.65. The minimum atomic E-state index is -0.685. The van der Waals surface area contributed by atoms with E-state index in [1.54, 1.807) is 60.7 Å². The summed E-state index contributed by atoms with van der Waals surface area (Å²) in [6.45, 7) is -0.00277. The lowest BCUT2D eigenvalue weighted by molar-refractivity contribution is -0.140. The number of carbonyl (C=O) groups excluding carboxylic acids is 3. The summed E-state index contributed by atoms with van der Waals surface area (Å²) in [7, 11) is 1.46. The van der Waals surface area contributed by atoms with Gasteiger partial charge in [0.05, 0.1) is 19.1 Å². The number of hydrogen-bond donors (Lipinski definition) is 0. The van der Waals surface area contributed by atoms with Crippen LogP contribution in [0.5, 0.6) is 11.5 Å². The van der Waals surface area contributed by atoms with Gasteiger partial charge in [0.2, 0.25) is 5.78 Å². The monoisotopic (exact) mass is 458 g/mol. The van der Waals surface area contributed by atoms with Gasteiger partial charge in [-0.25, -0.2) is 4.39 Å². The molecular weight excluding hydrogens is 439 g/mol. The molecule has 0 amide bonds. The van der Waals surface area contributed by atoms with Gasteiger partial charge >= 0.3 is 5.97 Å². The summed E-state index contributed by atoms with van der Waals surface area (Å²) >= 11 is 0. The van der Waals surface area contributed by atoms with Crippen molar-refractivity contribution in [1.82, 2.24) is 0 Å². The second-order valence-electron chi connectivity index (χ2n) is 7.97. The number of ether oxygens (including phenoxy) is 3. The van der Waals surface area contributed by atoms with Crippen LogP contribution in [-0.4, -0.2) is 24.6 Å². The van der Waals surface area contributed by atoms with Crippen molar-refractivity contribution < 1.29 is 33.0 Å². The first-order chi connectivity index (χ1) is 16.5. The Hall–Kier alpha value is -4.26. The summed E-state index contributed by atoms with van der Waals surface area (Å²) in [6, 6.07) is 17.8. The number of benzene rings is 3. The van der Waals surface area contributed by atoms with Crippen LogP contribution in [0.3, 0.4) is 0 Å². The molecule has 5 rings (SSSR count). The van der Waals surface area contributed by atoms with Gasteiger partial charge in [0, 0.05) is 22.6 Å². The summed E-state index contributed by atoms with van der Waals surface area (Å²) in [4.78, 5) is 38.7. The van der Waals surface area contributed by atoms with Crippen molar-refractivity contribution in [1.29, 1.82) is 0 Å². The van der Waals surface area contributed by atoms with Gasteiger partial charge in [-0.15, -0.1) is 0 Å². The van der Waals surface area contributed by atoms with E-state index in [9.17, 15) is 18.8 Å². The smallest absolute Gasteiger partial charge is 0.312 e. The van der Waals surface area contributed by atoms with Gasteiger partial charge in [0.15, 0.2) is 23.0 Å². The molecular formula is C27H19FO6. The van der Waals surface area contributed by atoms with Crippen LogP contribution in [0.1, 0.15) is 44.2 Å². The maximum atomic E-state index is 13.9. The van der Waals surface area contributed by atoms with Crippen molar-refractivity contribution in [3.05, 3.63) is 106 Å². The summed E-state index contributed by atoms with van der Waals surface area (Å²) < 4.78 is 30.4. The van der Waals surface area contributed by atoms with E-state index in [-0.39, 0.29) is 47.1 Å². The van der Waals surface area contributed by atoms with Crippen LogP contribution >= 0.6 is 0 Å². The zero-order valence-electron chi connectivity index (χ0n) is 18.2. The Morgan fingerprint density at radius 2 is 1.62 bits per heavy atom. The summed E-state index contributed by atoms with van der Waals surface area (Å²) in [6.07, 6.45) is -0.0986. The third-order valence-electron chi connectivity index (χ3n) is 5.98. The fourth-order valence-corrected chi connectivity index (χ4v) is 4.29. The molecule has 3 aromatic carbocycles. The molecule has 34 heavy (non-hydrogen) atoms. The number of fused-ring (bicyclic) bond motifs is 1. The molecule has 0 saturated carbocycles. The molecule has 0 unspecified atom stereocenters. The molecule has 0 N–H and O–H groups in total. The molecule has 2 aliphatic rings. The number of hydrogen-bond acceptors (Lipinski definition) is 6. The second kappa shape index (κ2) is 8.59. The average Bonchev–Trinajstić information content (AvgIpc) is 2.86. The number of Topliss-reactive ketones (excluding diaryl/α,β-unsaturated/α-hetero) is 2. The number of halogens is 1. The lowest BCUT2D eigenvalue weighted by Crippen LogP contribution is -2.32. The predicted molar refractivity (Wildman–Crippen MR) is 119 cm³/mol. The summed E-state index contributed by atoms with van der Waals surface area (Å²) in [5, 5.41) is 0. The van der Waals surface area contributed by atoms with Gasteiger partial charge in [-0.1, -0.05) is 48.5 Å². The quantitative estimate of drug-likeness (QED) is 0.512. The fraction of sp³-hybridized carbons (Fsp3) is 0.148. The van der Waals surface area contributed by atoms with E-state index in [4.69, 9.17) is 14.2 Å². The van der Waals surface area contributed by atoms with Gasteiger partial charge in [-0.05, 0) is 23.8 Å². The van der Waals surface area contributed by atoms with Crippen LogP contribution < -0.4 is 9.47 Å². The van der Waals surface area contributed by atoms with E-state index in [2.05, 4.69) is 0 Å². The Morgan fingerprint density at radius 1 is 0.912 bits per heavy atom. The molecule has 1 atom stereocenters. The van der Waals surface area contributed by atoms with E-state index in [1.165, 1.54) is 13.2 Å². The molecule has 0 aromatic heterocycles. The van der Waals surface area contributed by atoms with Crippen LogP contribution in [0.4, 0.5) is 4.39 Å². The topological polar surface area (TPSA) is 78.9 Å².